The first-order chi connectivity index (χ1) is 6.77. The van der Waals surface area contributed by atoms with Gasteiger partial charge in [-0.1, -0.05) is 0 Å². The maximum Gasteiger partial charge on any atom is 0.392 e. The molecule has 72 valence electrons. The van der Waals surface area contributed by atoms with Crippen LogP contribution in [0.25, 0.3) is 10.7 Å². The molecular weight excluding hydrogens is 180 g/mol. The molecule has 0 unspecified atom stereocenters. The lowest BCUT2D eigenvalue weighted by Crippen LogP contribution is -1.91. The van der Waals surface area contributed by atoms with Crippen molar-refractivity contribution in [1.82, 2.24) is 0 Å². The van der Waals surface area contributed by atoms with Crippen molar-refractivity contribution >= 4 is 5.76 Å². The van der Waals surface area contributed by atoms with E-state index in [1.807, 2.05) is 6.92 Å². The highest BCUT2D eigenvalue weighted by Gasteiger charge is 2.03. The van der Waals surface area contributed by atoms with Crippen LogP contribution in [-0.2, 0) is 0 Å². The standard InChI is InChI=1S/C10H10N2O2/c1-2-14-9-5-3-8(4-6-9)10(13)7-12-11/h3-7H,2H2,1H3/p+1/b10-7-. The molecule has 0 aliphatic rings. The molecule has 1 aromatic rings. The summed E-state index contributed by atoms with van der Waals surface area (Å²) in [5.41, 5.74) is 0.575. The van der Waals surface area contributed by atoms with Gasteiger partial charge in [0.05, 0.1) is 6.61 Å². The van der Waals surface area contributed by atoms with E-state index < -0.39 is 0 Å². The summed E-state index contributed by atoms with van der Waals surface area (Å²) < 4.78 is 5.23. The van der Waals surface area contributed by atoms with Gasteiger partial charge in [0.1, 0.15) is 5.75 Å². The molecular formula is C10H11N2O2+. The maximum atomic E-state index is 9.31. The minimum atomic E-state index is -0.0875. The fourth-order valence-corrected chi connectivity index (χ4v) is 1.02. The van der Waals surface area contributed by atoms with Gasteiger partial charge in [-0.3, -0.25) is 0 Å². The average molecular weight is 191 g/mol. The molecule has 0 amide bonds. The zero-order chi connectivity index (χ0) is 10.4. The Bertz CT molecular complexity index is 363. The van der Waals surface area contributed by atoms with Crippen LogP contribution >= 0.6 is 0 Å². The minimum absolute atomic E-state index is 0.0875. The summed E-state index contributed by atoms with van der Waals surface area (Å²) in [7, 11) is 0. The van der Waals surface area contributed by atoms with Gasteiger partial charge in [0.2, 0.25) is 11.2 Å². The lowest BCUT2D eigenvalue weighted by Gasteiger charge is -2.02. The van der Waals surface area contributed by atoms with Gasteiger partial charge in [0, 0.05) is 5.56 Å². The van der Waals surface area contributed by atoms with Gasteiger partial charge in [0.25, 0.3) is 0 Å². The van der Waals surface area contributed by atoms with Crippen LogP contribution in [0.1, 0.15) is 12.5 Å². The summed E-state index contributed by atoms with van der Waals surface area (Å²) in [5, 5.41) is 17.5. The predicted molar refractivity (Wildman–Crippen MR) is 53.3 cm³/mol. The van der Waals surface area contributed by atoms with Gasteiger partial charge < -0.3 is 9.84 Å². The monoisotopic (exact) mass is 191 g/mol. The van der Waals surface area contributed by atoms with Crippen LogP contribution in [0, 0.1) is 5.39 Å². The molecule has 0 saturated heterocycles. The molecule has 0 fully saturated rings. The third kappa shape index (κ3) is 2.49. The van der Waals surface area contributed by atoms with E-state index in [9.17, 15) is 5.11 Å². The van der Waals surface area contributed by atoms with Crippen LogP contribution in [0.15, 0.2) is 30.5 Å². The van der Waals surface area contributed by atoms with Crippen molar-refractivity contribution in [1.29, 1.82) is 5.39 Å². The van der Waals surface area contributed by atoms with Gasteiger partial charge in [0.15, 0.2) is 4.98 Å². The first-order valence-corrected chi connectivity index (χ1v) is 4.24. The van der Waals surface area contributed by atoms with Crippen molar-refractivity contribution in [3.05, 3.63) is 41.0 Å². The van der Waals surface area contributed by atoms with Crippen LogP contribution in [-0.4, -0.2) is 11.7 Å². The topological polar surface area (TPSA) is 57.6 Å². The Morgan fingerprint density at radius 2 is 2.14 bits per heavy atom. The second-order valence-electron chi connectivity index (χ2n) is 2.59. The Labute approximate surface area is 82.1 Å². The summed E-state index contributed by atoms with van der Waals surface area (Å²) in [6.07, 6.45) is 0.968. The number of aliphatic hydroxyl groups excluding tert-OH is 1. The maximum absolute atomic E-state index is 9.31. The number of hydrogen-bond donors (Lipinski definition) is 1. The molecule has 0 aliphatic carbocycles. The average Bonchev–Trinajstić information content (AvgIpc) is 2.20. The number of diazo groups is 1. The van der Waals surface area contributed by atoms with Crippen molar-refractivity contribution in [2.24, 2.45) is 0 Å². The third-order valence-electron chi connectivity index (χ3n) is 1.64. The molecule has 0 saturated carbocycles. The van der Waals surface area contributed by atoms with Crippen LogP contribution in [0.4, 0.5) is 0 Å². The molecule has 0 spiro atoms. The fourth-order valence-electron chi connectivity index (χ4n) is 1.02. The zero-order valence-corrected chi connectivity index (χ0v) is 7.84. The van der Waals surface area contributed by atoms with E-state index in [1.54, 1.807) is 24.3 Å². The molecule has 1 rings (SSSR count). The van der Waals surface area contributed by atoms with E-state index in [0.29, 0.717) is 12.2 Å². The van der Waals surface area contributed by atoms with Crippen LogP contribution < -0.4 is 4.74 Å². The minimum Gasteiger partial charge on any atom is -0.501 e. The summed E-state index contributed by atoms with van der Waals surface area (Å²) >= 11 is 0. The highest BCUT2D eigenvalue weighted by Crippen LogP contribution is 2.16. The van der Waals surface area contributed by atoms with Crippen LogP contribution in [0.3, 0.4) is 0 Å². The van der Waals surface area contributed by atoms with Gasteiger partial charge in [-0.15, -0.1) is 0 Å². The van der Waals surface area contributed by atoms with Gasteiger partial charge in [-0.25, -0.2) is 0 Å². The molecule has 0 aromatic heterocycles. The Morgan fingerprint density at radius 3 is 2.64 bits per heavy atom. The van der Waals surface area contributed by atoms with E-state index in [1.165, 1.54) is 0 Å². The van der Waals surface area contributed by atoms with Crippen molar-refractivity contribution in [3.63, 3.8) is 0 Å². The first kappa shape index (κ1) is 10.1. The number of hydrogen-bond acceptors (Lipinski definition) is 3. The third-order valence-corrected chi connectivity index (χ3v) is 1.64. The van der Waals surface area contributed by atoms with E-state index >= 15 is 0 Å². The van der Waals surface area contributed by atoms with E-state index in [-0.39, 0.29) is 5.76 Å². The smallest absolute Gasteiger partial charge is 0.392 e. The molecule has 1 aromatic carbocycles. The van der Waals surface area contributed by atoms with Gasteiger partial charge in [-0.2, -0.15) is 0 Å². The predicted octanol–water partition coefficient (Wildman–Crippen LogP) is 2.79. The van der Waals surface area contributed by atoms with Gasteiger partial charge in [-0.05, 0) is 31.2 Å². The molecule has 14 heavy (non-hydrogen) atoms. The Hall–Kier alpha value is -2.02. The molecule has 0 atom stereocenters. The summed E-state index contributed by atoms with van der Waals surface area (Å²) in [4.78, 5) is 2.73. The van der Waals surface area contributed by atoms with Crippen molar-refractivity contribution in [2.75, 3.05) is 6.61 Å². The quantitative estimate of drug-likeness (QED) is 0.590. The number of nitrogens with zero attached hydrogens (tertiary/aromatic N) is 2. The highest BCUT2D eigenvalue weighted by molar-refractivity contribution is 5.59. The lowest BCUT2D eigenvalue weighted by molar-refractivity contribution is 0.340. The zero-order valence-electron chi connectivity index (χ0n) is 7.84. The summed E-state index contributed by atoms with van der Waals surface area (Å²) in [6, 6.07) is 6.84. The fraction of sp³-hybridized carbons (Fsp3) is 0.200. The number of benzene rings is 1. The van der Waals surface area contributed by atoms with Crippen molar-refractivity contribution < 1.29 is 9.84 Å². The highest BCUT2D eigenvalue weighted by atomic mass is 16.5. The largest absolute Gasteiger partial charge is 0.501 e. The normalized spacial score (nSPS) is 10.7. The number of aliphatic hydroxyl groups is 1. The molecule has 0 bridgehead atoms. The Morgan fingerprint density at radius 1 is 1.50 bits per heavy atom. The molecule has 4 heteroatoms. The Kier molecular flexibility index (Phi) is 3.50. The Balaban J connectivity index is 2.84. The second kappa shape index (κ2) is 4.87. The van der Waals surface area contributed by atoms with Gasteiger partial charge >= 0.3 is 6.20 Å². The van der Waals surface area contributed by atoms with Crippen molar-refractivity contribution in [3.8, 4) is 5.75 Å². The first-order valence-electron chi connectivity index (χ1n) is 4.24. The molecule has 0 aliphatic heterocycles. The summed E-state index contributed by atoms with van der Waals surface area (Å²) in [5.74, 6) is 0.653. The number of rotatable bonds is 3. The number of ether oxygens (including phenoxy) is 1. The molecule has 0 radical (unpaired) electrons. The van der Waals surface area contributed by atoms with E-state index in [0.717, 1.165) is 11.9 Å². The summed E-state index contributed by atoms with van der Waals surface area (Å²) in [6.45, 7) is 2.50. The van der Waals surface area contributed by atoms with Crippen LogP contribution in [0.2, 0.25) is 0 Å². The van der Waals surface area contributed by atoms with E-state index in [4.69, 9.17) is 10.1 Å². The SMILES string of the molecule is CCOc1ccc(/C(O)=C/[N+]#N)cc1. The lowest BCUT2D eigenvalue weighted by atomic mass is 10.2. The molecule has 1 N–H and O–H groups in total. The molecule has 4 nitrogen and oxygen atoms in total. The second-order valence-corrected chi connectivity index (χ2v) is 2.59. The molecule has 0 heterocycles. The van der Waals surface area contributed by atoms with E-state index in [2.05, 4.69) is 4.98 Å². The van der Waals surface area contributed by atoms with Crippen molar-refractivity contribution in [2.45, 2.75) is 6.92 Å². The van der Waals surface area contributed by atoms with Crippen LogP contribution in [0.5, 0.6) is 5.75 Å².